The van der Waals surface area contributed by atoms with Gasteiger partial charge in [-0.15, -0.1) is 0 Å². The van der Waals surface area contributed by atoms with E-state index in [9.17, 15) is 18.0 Å². The smallest absolute Gasteiger partial charge is 0.356 e. The Labute approximate surface area is 114 Å². The van der Waals surface area contributed by atoms with E-state index in [0.29, 0.717) is 18.5 Å². The fourth-order valence-corrected chi connectivity index (χ4v) is 1.67. The van der Waals surface area contributed by atoms with Crippen molar-refractivity contribution in [1.82, 2.24) is 5.32 Å². The molecule has 0 fully saturated rings. The minimum Gasteiger partial charge on any atom is -0.356 e. The molecule has 0 heterocycles. The van der Waals surface area contributed by atoms with Gasteiger partial charge in [0.15, 0.2) is 0 Å². The van der Waals surface area contributed by atoms with Crippen molar-refractivity contribution < 1.29 is 18.0 Å². The molecule has 0 spiro atoms. The van der Waals surface area contributed by atoms with Gasteiger partial charge >= 0.3 is 6.18 Å². The highest BCUT2D eigenvalue weighted by molar-refractivity contribution is 6.30. The van der Waals surface area contributed by atoms with Crippen LogP contribution in [-0.4, -0.2) is 12.5 Å². The Morgan fingerprint density at radius 1 is 1.37 bits per heavy atom. The molecule has 1 aromatic rings. The molecule has 0 bridgehead atoms. The van der Waals surface area contributed by atoms with Gasteiger partial charge < -0.3 is 5.32 Å². The molecular weight excluding hydrogens is 279 g/mol. The van der Waals surface area contributed by atoms with Gasteiger partial charge in [-0.3, -0.25) is 4.79 Å². The summed E-state index contributed by atoms with van der Waals surface area (Å²) in [6.45, 7) is 1.84. The molecule has 0 saturated carbocycles. The highest BCUT2D eigenvalue weighted by Gasteiger charge is 2.30. The third kappa shape index (κ3) is 5.79. The van der Waals surface area contributed by atoms with Crippen LogP contribution in [0.5, 0.6) is 0 Å². The Hall–Kier alpha value is -1.49. The van der Waals surface area contributed by atoms with Gasteiger partial charge in [0.1, 0.15) is 0 Å². The van der Waals surface area contributed by atoms with Gasteiger partial charge in [-0.25, -0.2) is 0 Å². The number of nitrogens with one attached hydrogen (secondary N) is 1. The molecule has 1 aromatic carbocycles. The SMILES string of the molecule is CC(=O)NCCC=Cc1cc(Cl)cc(C(F)(F)F)c1. The van der Waals surface area contributed by atoms with E-state index in [1.165, 1.54) is 13.0 Å². The van der Waals surface area contributed by atoms with E-state index in [2.05, 4.69) is 5.32 Å². The third-order valence-electron chi connectivity index (χ3n) is 2.24. The summed E-state index contributed by atoms with van der Waals surface area (Å²) < 4.78 is 37.6. The first kappa shape index (κ1) is 15.6. The summed E-state index contributed by atoms with van der Waals surface area (Å²) in [4.78, 5) is 10.6. The molecule has 2 nitrogen and oxygen atoms in total. The zero-order valence-electron chi connectivity index (χ0n) is 10.2. The zero-order chi connectivity index (χ0) is 14.5. The molecule has 104 valence electrons. The first-order valence-electron chi connectivity index (χ1n) is 5.58. The maximum Gasteiger partial charge on any atom is 0.416 e. The van der Waals surface area contributed by atoms with Crippen LogP contribution in [0.15, 0.2) is 24.3 Å². The Morgan fingerprint density at radius 3 is 2.63 bits per heavy atom. The van der Waals surface area contributed by atoms with Gasteiger partial charge in [0.05, 0.1) is 5.56 Å². The highest BCUT2D eigenvalue weighted by Crippen LogP contribution is 2.32. The van der Waals surface area contributed by atoms with Gasteiger partial charge in [0.25, 0.3) is 0 Å². The standard InChI is InChI=1S/C13H13ClF3NO/c1-9(19)18-5-3-2-4-10-6-11(13(15,16)17)8-12(14)7-10/h2,4,6-8H,3,5H2,1H3,(H,18,19). The van der Waals surface area contributed by atoms with Gasteiger partial charge in [-0.1, -0.05) is 23.8 Å². The van der Waals surface area contributed by atoms with Crippen LogP contribution in [0.25, 0.3) is 6.08 Å². The van der Waals surface area contributed by atoms with E-state index in [1.54, 1.807) is 12.2 Å². The van der Waals surface area contributed by atoms with E-state index >= 15 is 0 Å². The van der Waals surface area contributed by atoms with Crippen LogP contribution in [0.1, 0.15) is 24.5 Å². The molecule has 0 saturated heterocycles. The maximum absolute atomic E-state index is 12.5. The molecule has 1 rings (SSSR count). The van der Waals surface area contributed by atoms with Crippen LogP contribution in [-0.2, 0) is 11.0 Å². The van der Waals surface area contributed by atoms with Crippen LogP contribution in [0.2, 0.25) is 5.02 Å². The van der Waals surface area contributed by atoms with Crippen LogP contribution in [0.4, 0.5) is 13.2 Å². The van der Waals surface area contributed by atoms with E-state index in [-0.39, 0.29) is 10.9 Å². The number of halogens is 4. The monoisotopic (exact) mass is 291 g/mol. The van der Waals surface area contributed by atoms with Crippen molar-refractivity contribution in [2.75, 3.05) is 6.54 Å². The van der Waals surface area contributed by atoms with E-state index in [0.717, 1.165) is 12.1 Å². The quantitative estimate of drug-likeness (QED) is 0.838. The lowest BCUT2D eigenvalue weighted by molar-refractivity contribution is -0.137. The number of alkyl halides is 3. The minimum atomic E-state index is -4.41. The molecule has 0 aliphatic heterocycles. The Bertz CT molecular complexity index is 483. The molecule has 0 aromatic heterocycles. The molecule has 1 N–H and O–H groups in total. The van der Waals surface area contributed by atoms with Gasteiger partial charge in [0.2, 0.25) is 5.91 Å². The van der Waals surface area contributed by atoms with E-state index in [1.807, 2.05) is 0 Å². The predicted molar refractivity (Wildman–Crippen MR) is 68.8 cm³/mol. The second kappa shape index (κ2) is 6.61. The number of carbonyl (C=O) groups excluding carboxylic acids is 1. The lowest BCUT2D eigenvalue weighted by Crippen LogP contribution is -2.20. The fraction of sp³-hybridized carbons (Fsp3) is 0.308. The van der Waals surface area contributed by atoms with Crippen molar-refractivity contribution in [1.29, 1.82) is 0 Å². The van der Waals surface area contributed by atoms with Crippen LogP contribution in [0.3, 0.4) is 0 Å². The lowest BCUT2D eigenvalue weighted by Gasteiger charge is -2.08. The first-order valence-corrected chi connectivity index (χ1v) is 5.95. The van der Waals surface area contributed by atoms with Crippen molar-refractivity contribution in [3.8, 4) is 0 Å². The first-order chi connectivity index (χ1) is 8.79. The number of rotatable bonds is 4. The van der Waals surface area contributed by atoms with Crippen molar-refractivity contribution in [3.05, 3.63) is 40.4 Å². The van der Waals surface area contributed by atoms with Crippen LogP contribution < -0.4 is 5.32 Å². The van der Waals surface area contributed by atoms with E-state index in [4.69, 9.17) is 11.6 Å². The summed E-state index contributed by atoms with van der Waals surface area (Å²) in [5.41, 5.74) is -0.399. The Morgan fingerprint density at radius 2 is 2.05 bits per heavy atom. The number of hydrogen-bond donors (Lipinski definition) is 1. The molecule has 0 aliphatic rings. The van der Waals surface area contributed by atoms with Crippen LogP contribution in [0, 0.1) is 0 Å². The fourth-order valence-electron chi connectivity index (χ4n) is 1.42. The van der Waals surface area contributed by atoms with Gasteiger partial charge in [0, 0.05) is 18.5 Å². The van der Waals surface area contributed by atoms with E-state index < -0.39 is 11.7 Å². The third-order valence-corrected chi connectivity index (χ3v) is 2.46. The molecule has 0 aliphatic carbocycles. The normalized spacial score (nSPS) is 11.8. The number of carbonyl (C=O) groups is 1. The molecule has 0 atom stereocenters. The summed E-state index contributed by atoms with van der Waals surface area (Å²) in [6.07, 6.45) is -0.651. The summed E-state index contributed by atoms with van der Waals surface area (Å²) in [5, 5.41) is 2.62. The summed E-state index contributed by atoms with van der Waals surface area (Å²) in [6, 6.07) is 3.36. The second-order valence-corrected chi connectivity index (χ2v) is 4.38. The summed E-state index contributed by atoms with van der Waals surface area (Å²) >= 11 is 5.65. The number of amides is 1. The second-order valence-electron chi connectivity index (χ2n) is 3.95. The van der Waals surface area contributed by atoms with Gasteiger partial charge in [-0.2, -0.15) is 13.2 Å². The average Bonchev–Trinajstić information content (AvgIpc) is 2.26. The van der Waals surface area contributed by atoms with Crippen molar-refractivity contribution in [2.24, 2.45) is 0 Å². The zero-order valence-corrected chi connectivity index (χ0v) is 11.0. The predicted octanol–water partition coefficient (Wildman–Crippen LogP) is 3.90. The Balaban J connectivity index is 2.71. The maximum atomic E-state index is 12.5. The number of hydrogen-bond acceptors (Lipinski definition) is 1. The van der Waals surface area contributed by atoms with Crippen molar-refractivity contribution >= 4 is 23.6 Å². The summed E-state index contributed by atoms with van der Waals surface area (Å²) in [7, 11) is 0. The van der Waals surface area contributed by atoms with Crippen molar-refractivity contribution in [2.45, 2.75) is 19.5 Å². The largest absolute Gasteiger partial charge is 0.416 e. The molecule has 0 unspecified atom stereocenters. The van der Waals surface area contributed by atoms with Crippen molar-refractivity contribution in [3.63, 3.8) is 0 Å². The molecule has 19 heavy (non-hydrogen) atoms. The minimum absolute atomic E-state index is 0.0383. The topological polar surface area (TPSA) is 29.1 Å². The highest BCUT2D eigenvalue weighted by atomic mass is 35.5. The molecule has 1 amide bonds. The number of benzene rings is 1. The molecule has 6 heteroatoms. The average molecular weight is 292 g/mol. The summed E-state index contributed by atoms with van der Waals surface area (Å²) in [5.74, 6) is -0.143. The molecule has 0 radical (unpaired) electrons. The van der Waals surface area contributed by atoms with Gasteiger partial charge in [-0.05, 0) is 30.2 Å². The lowest BCUT2D eigenvalue weighted by atomic mass is 10.1. The molecular formula is C13H13ClF3NO. The Kier molecular flexibility index (Phi) is 5.42. The van der Waals surface area contributed by atoms with Crippen LogP contribution >= 0.6 is 11.6 Å².